The number of aromatic nitrogens is 3. The maximum atomic E-state index is 10.6. The van der Waals surface area contributed by atoms with Gasteiger partial charge in [-0.1, -0.05) is 0 Å². The lowest BCUT2D eigenvalue weighted by Crippen LogP contribution is -1.93. The van der Waals surface area contributed by atoms with Gasteiger partial charge in [-0.05, 0) is 24.3 Å². The van der Waals surface area contributed by atoms with Gasteiger partial charge in [0, 0.05) is 24.0 Å². The van der Waals surface area contributed by atoms with Crippen LogP contribution in [0.5, 0.6) is 0 Å². The van der Waals surface area contributed by atoms with Crippen LogP contribution in [0.25, 0.3) is 16.9 Å². The fraction of sp³-hybridized carbons (Fsp3) is 0. The Labute approximate surface area is 102 Å². The van der Waals surface area contributed by atoms with Gasteiger partial charge in [-0.2, -0.15) is 0 Å². The van der Waals surface area contributed by atoms with Crippen LogP contribution in [-0.2, 0) is 0 Å². The van der Waals surface area contributed by atoms with Gasteiger partial charge in [0.15, 0.2) is 5.65 Å². The molecule has 2 heterocycles. The SMILES string of the molecule is O=[N+]([O-])c1ccc(-n2cnc3ncccc32)cc1. The van der Waals surface area contributed by atoms with E-state index >= 15 is 0 Å². The number of non-ortho nitro benzene ring substituents is 1. The third-order valence-electron chi connectivity index (χ3n) is 2.66. The highest BCUT2D eigenvalue weighted by Crippen LogP contribution is 2.19. The molecule has 0 saturated carbocycles. The Kier molecular flexibility index (Phi) is 2.26. The molecule has 0 unspecified atom stereocenters. The van der Waals surface area contributed by atoms with E-state index in [4.69, 9.17) is 0 Å². The lowest BCUT2D eigenvalue weighted by Gasteiger charge is -2.02. The van der Waals surface area contributed by atoms with Crippen LogP contribution in [0.1, 0.15) is 0 Å². The normalized spacial score (nSPS) is 10.7. The second-order valence-electron chi connectivity index (χ2n) is 3.73. The summed E-state index contributed by atoms with van der Waals surface area (Å²) >= 11 is 0. The Morgan fingerprint density at radius 1 is 1.11 bits per heavy atom. The second-order valence-corrected chi connectivity index (χ2v) is 3.73. The van der Waals surface area contributed by atoms with E-state index in [1.807, 2.05) is 16.7 Å². The van der Waals surface area contributed by atoms with E-state index in [9.17, 15) is 10.1 Å². The Morgan fingerprint density at radius 2 is 1.89 bits per heavy atom. The van der Waals surface area contributed by atoms with E-state index < -0.39 is 4.92 Å². The predicted octanol–water partition coefficient (Wildman–Crippen LogP) is 2.33. The Bertz CT molecular complexity index is 718. The number of rotatable bonds is 2. The van der Waals surface area contributed by atoms with Crippen molar-refractivity contribution in [3.8, 4) is 5.69 Å². The van der Waals surface area contributed by atoms with Crippen molar-refractivity contribution in [2.75, 3.05) is 0 Å². The molecule has 6 nitrogen and oxygen atoms in total. The van der Waals surface area contributed by atoms with Gasteiger partial charge in [0.05, 0.1) is 10.4 Å². The first-order valence-electron chi connectivity index (χ1n) is 5.28. The van der Waals surface area contributed by atoms with E-state index in [1.54, 1.807) is 24.7 Å². The molecule has 88 valence electrons. The molecule has 0 aliphatic heterocycles. The van der Waals surface area contributed by atoms with Crippen molar-refractivity contribution in [1.29, 1.82) is 0 Å². The highest BCUT2D eigenvalue weighted by atomic mass is 16.6. The number of imidazole rings is 1. The highest BCUT2D eigenvalue weighted by Gasteiger charge is 2.07. The molecule has 1 aromatic carbocycles. The lowest BCUT2D eigenvalue weighted by atomic mass is 10.3. The summed E-state index contributed by atoms with van der Waals surface area (Å²) in [6.45, 7) is 0. The monoisotopic (exact) mass is 240 g/mol. The van der Waals surface area contributed by atoms with Crippen LogP contribution >= 0.6 is 0 Å². The maximum absolute atomic E-state index is 10.6. The lowest BCUT2D eigenvalue weighted by molar-refractivity contribution is -0.384. The van der Waals surface area contributed by atoms with Crippen LogP contribution in [0.3, 0.4) is 0 Å². The summed E-state index contributed by atoms with van der Waals surface area (Å²) in [6, 6.07) is 10.0. The average molecular weight is 240 g/mol. The zero-order valence-electron chi connectivity index (χ0n) is 9.22. The minimum absolute atomic E-state index is 0.0706. The molecule has 0 atom stereocenters. The van der Waals surface area contributed by atoms with Gasteiger partial charge in [0.1, 0.15) is 6.33 Å². The zero-order chi connectivity index (χ0) is 12.5. The van der Waals surface area contributed by atoms with E-state index in [0.29, 0.717) is 5.65 Å². The van der Waals surface area contributed by atoms with Crippen molar-refractivity contribution in [1.82, 2.24) is 14.5 Å². The molecule has 0 amide bonds. The summed E-state index contributed by atoms with van der Waals surface area (Å²) in [5, 5.41) is 10.6. The number of fused-ring (bicyclic) bond motifs is 1. The van der Waals surface area contributed by atoms with E-state index in [1.165, 1.54) is 12.1 Å². The quantitative estimate of drug-likeness (QED) is 0.509. The summed E-state index contributed by atoms with van der Waals surface area (Å²) in [5.41, 5.74) is 2.40. The molecule has 0 spiro atoms. The van der Waals surface area contributed by atoms with Crippen LogP contribution in [0.15, 0.2) is 48.9 Å². The molecule has 0 aliphatic carbocycles. The molecule has 0 N–H and O–H groups in total. The van der Waals surface area contributed by atoms with Crippen molar-refractivity contribution >= 4 is 16.9 Å². The Hall–Kier alpha value is -2.76. The van der Waals surface area contributed by atoms with Crippen molar-refractivity contribution < 1.29 is 4.92 Å². The van der Waals surface area contributed by atoms with E-state index in [2.05, 4.69) is 9.97 Å². The van der Waals surface area contributed by atoms with Gasteiger partial charge in [0.25, 0.3) is 5.69 Å². The number of hydrogen-bond acceptors (Lipinski definition) is 4. The minimum atomic E-state index is -0.419. The van der Waals surface area contributed by atoms with Crippen molar-refractivity contribution in [2.24, 2.45) is 0 Å². The van der Waals surface area contributed by atoms with Crippen LogP contribution in [0.4, 0.5) is 5.69 Å². The standard InChI is InChI=1S/C12H8N4O2/c17-16(18)10-5-3-9(4-6-10)15-8-14-12-11(15)2-1-7-13-12/h1-8H. The highest BCUT2D eigenvalue weighted by molar-refractivity contribution is 5.73. The second kappa shape index (κ2) is 3.92. The number of nitro groups is 1. The summed E-state index contributed by atoms with van der Waals surface area (Å²) < 4.78 is 1.84. The van der Waals surface area contributed by atoms with E-state index in [-0.39, 0.29) is 5.69 Å². The third kappa shape index (κ3) is 1.60. The van der Waals surface area contributed by atoms with E-state index in [0.717, 1.165) is 11.2 Å². The molecular formula is C12H8N4O2. The van der Waals surface area contributed by atoms with Gasteiger partial charge < -0.3 is 0 Å². The van der Waals surface area contributed by atoms with Crippen LogP contribution in [0.2, 0.25) is 0 Å². The number of nitrogens with zero attached hydrogens (tertiary/aromatic N) is 4. The first-order chi connectivity index (χ1) is 8.75. The average Bonchev–Trinajstić information content (AvgIpc) is 2.82. The predicted molar refractivity (Wildman–Crippen MR) is 65.5 cm³/mol. The Morgan fingerprint density at radius 3 is 2.61 bits per heavy atom. The number of benzene rings is 1. The number of pyridine rings is 1. The van der Waals surface area contributed by atoms with Crippen molar-refractivity contribution in [3.63, 3.8) is 0 Å². The first-order valence-corrected chi connectivity index (χ1v) is 5.28. The van der Waals surface area contributed by atoms with Gasteiger partial charge >= 0.3 is 0 Å². The fourth-order valence-electron chi connectivity index (χ4n) is 1.79. The molecule has 0 fully saturated rings. The molecule has 2 aromatic heterocycles. The first kappa shape index (κ1) is 10.4. The van der Waals surface area contributed by atoms with Crippen LogP contribution < -0.4 is 0 Å². The molecule has 18 heavy (non-hydrogen) atoms. The molecule has 0 bridgehead atoms. The maximum Gasteiger partial charge on any atom is 0.269 e. The molecular weight excluding hydrogens is 232 g/mol. The molecule has 0 aliphatic rings. The summed E-state index contributed by atoms with van der Waals surface area (Å²) in [4.78, 5) is 18.5. The van der Waals surface area contributed by atoms with Crippen molar-refractivity contribution in [3.05, 3.63) is 59.0 Å². The van der Waals surface area contributed by atoms with Gasteiger partial charge in [0.2, 0.25) is 0 Å². The minimum Gasteiger partial charge on any atom is -0.297 e. The van der Waals surface area contributed by atoms with Gasteiger partial charge in [-0.25, -0.2) is 9.97 Å². The van der Waals surface area contributed by atoms with Crippen molar-refractivity contribution in [2.45, 2.75) is 0 Å². The number of hydrogen-bond donors (Lipinski definition) is 0. The fourth-order valence-corrected chi connectivity index (χ4v) is 1.79. The molecule has 3 aromatic rings. The van der Waals surface area contributed by atoms with Gasteiger partial charge in [-0.3, -0.25) is 14.7 Å². The summed E-state index contributed by atoms with van der Waals surface area (Å²) in [6.07, 6.45) is 3.33. The smallest absolute Gasteiger partial charge is 0.269 e. The third-order valence-corrected chi connectivity index (χ3v) is 2.66. The molecule has 6 heteroatoms. The van der Waals surface area contributed by atoms with Crippen LogP contribution in [-0.4, -0.2) is 19.5 Å². The van der Waals surface area contributed by atoms with Gasteiger partial charge in [-0.15, -0.1) is 0 Å². The Balaban J connectivity index is 2.12. The summed E-state index contributed by atoms with van der Waals surface area (Å²) in [5.74, 6) is 0. The van der Waals surface area contributed by atoms with Crippen LogP contribution in [0, 0.1) is 10.1 Å². The largest absolute Gasteiger partial charge is 0.297 e. The molecule has 0 radical (unpaired) electrons. The molecule has 3 rings (SSSR count). The summed E-state index contributed by atoms with van der Waals surface area (Å²) in [7, 11) is 0. The topological polar surface area (TPSA) is 73.8 Å². The number of nitro benzene ring substituents is 1. The molecule has 0 saturated heterocycles. The zero-order valence-corrected chi connectivity index (χ0v) is 9.22.